The molecule has 0 amide bonds. The van der Waals surface area contributed by atoms with Gasteiger partial charge in [-0.1, -0.05) is 45.4 Å². The Bertz CT molecular complexity index is 172. The van der Waals surface area contributed by atoms with Crippen LogP contribution < -0.4 is 0 Å². The molecule has 3 heteroatoms. The van der Waals surface area contributed by atoms with Crippen LogP contribution in [0.1, 0.15) is 71.1 Å². The Morgan fingerprint density at radius 2 is 1.59 bits per heavy atom. The molecule has 17 heavy (non-hydrogen) atoms. The minimum atomic E-state index is -0.0289. The molecule has 102 valence electrons. The first-order valence-electron chi connectivity index (χ1n) is 7.02. The highest BCUT2D eigenvalue weighted by molar-refractivity contribution is 6.17. The van der Waals surface area contributed by atoms with Crippen LogP contribution in [0.2, 0.25) is 0 Å². The number of unbranched alkanes of at least 4 members (excludes halogenated alkanes) is 7. The molecular weight excluding hydrogens is 236 g/mol. The summed E-state index contributed by atoms with van der Waals surface area (Å²) in [5, 5.41) is 0. The monoisotopic (exact) mass is 262 g/mol. The summed E-state index contributed by atoms with van der Waals surface area (Å²) in [5.41, 5.74) is 0. The number of hydrogen-bond acceptors (Lipinski definition) is 2. The molecule has 0 N–H and O–H groups in total. The van der Waals surface area contributed by atoms with E-state index in [-0.39, 0.29) is 5.97 Å². The van der Waals surface area contributed by atoms with Gasteiger partial charge in [0.1, 0.15) is 0 Å². The Morgan fingerprint density at radius 1 is 0.941 bits per heavy atom. The van der Waals surface area contributed by atoms with Crippen molar-refractivity contribution in [3.63, 3.8) is 0 Å². The van der Waals surface area contributed by atoms with Crippen LogP contribution >= 0.6 is 11.6 Å². The predicted molar refractivity (Wildman–Crippen MR) is 73.5 cm³/mol. The molecule has 2 nitrogen and oxygen atoms in total. The molecule has 0 aromatic rings. The lowest BCUT2D eigenvalue weighted by atomic mass is 10.1. The summed E-state index contributed by atoms with van der Waals surface area (Å²) < 4.78 is 5.16. The fourth-order valence-electron chi connectivity index (χ4n) is 1.68. The van der Waals surface area contributed by atoms with E-state index in [1.165, 1.54) is 19.3 Å². The Labute approximate surface area is 111 Å². The third kappa shape index (κ3) is 13.7. The molecule has 0 aromatic heterocycles. The maximum atomic E-state index is 11.3. The minimum absolute atomic E-state index is 0.0289. The standard InChI is InChI=1S/C14H27ClO2/c1-2-3-4-5-8-11-14(16)17-13-10-7-6-9-12-15/h2-13H2,1H3. The Morgan fingerprint density at radius 3 is 2.29 bits per heavy atom. The summed E-state index contributed by atoms with van der Waals surface area (Å²) in [6.45, 7) is 2.77. The fourth-order valence-corrected chi connectivity index (χ4v) is 1.87. The molecule has 0 bridgehead atoms. The Hall–Kier alpha value is -0.240. The topological polar surface area (TPSA) is 26.3 Å². The number of rotatable bonds is 12. The van der Waals surface area contributed by atoms with E-state index < -0.39 is 0 Å². The Balaban J connectivity index is 3.12. The van der Waals surface area contributed by atoms with Crippen molar-refractivity contribution in [2.45, 2.75) is 71.1 Å². The van der Waals surface area contributed by atoms with Gasteiger partial charge in [-0.25, -0.2) is 0 Å². The largest absolute Gasteiger partial charge is 0.466 e. The van der Waals surface area contributed by atoms with Gasteiger partial charge in [-0.15, -0.1) is 11.6 Å². The van der Waals surface area contributed by atoms with E-state index in [0.717, 1.165) is 44.4 Å². The molecule has 0 unspecified atom stereocenters. The van der Waals surface area contributed by atoms with E-state index >= 15 is 0 Å². The van der Waals surface area contributed by atoms with Crippen LogP contribution in [0.15, 0.2) is 0 Å². The van der Waals surface area contributed by atoms with Crippen molar-refractivity contribution in [1.29, 1.82) is 0 Å². The van der Waals surface area contributed by atoms with E-state index in [1.54, 1.807) is 0 Å². The van der Waals surface area contributed by atoms with E-state index in [4.69, 9.17) is 16.3 Å². The molecule has 0 fully saturated rings. The van der Waals surface area contributed by atoms with Gasteiger partial charge in [-0.05, 0) is 19.3 Å². The highest BCUT2D eigenvalue weighted by Crippen LogP contribution is 2.06. The lowest BCUT2D eigenvalue weighted by Gasteiger charge is -2.04. The van der Waals surface area contributed by atoms with Gasteiger partial charge >= 0.3 is 5.97 Å². The maximum absolute atomic E-state index is 11.3. The molecule has 0 aliphatic heterocycles. The quantitative estimate of drug-likeness (QED) is 0.290. The minimum Gasteiger partial charge on any atom is -0.466 e. The number of carbonyl (C=O) groups excluding carboxylic acids is 1. The van der Waals surface area contributed by atoms with E-state index in [1.807, 2.05) is 0 Å². The first-order chi connectivity index (χ1) is 8.31. The molecule has 0 spiro atoms. The highest BCUT2D eigenvalue weighted by atomic mass is 35.5. The highest BCUT2D eigenvalue weighted by Gasteiger charge is 2.01. The van der Waals surface area contributed by atoms with E-state index in [0.29, 0.717) is 13.0 Å². The number of esters is 1. The van der Waals surface area contributed by atoms with E-state index in [2.05, 4.69) is 6.92 Å². The van der Waals surface area contributed by atoms with Crippen molar-refractivity contribution >= 4 is 17.6 Å². The van der Waals surface area contributed by atoms with Crippen LogP contribution in [0.25, 0.3) is 0 Å². The normalized spacial score (nSPS) is 10.5. The van der Waals surface area contributed by atoms with E-state index in [9.17, 15) is 4.79 Å². The molecule has 0 aliphatic carbocycles. The van der Waals surface area contributed by atoms with Crippen LogP contribution in [0.4, 0.5) is 0 Å². The third-order valence-electron chi connectivity index (χ3n) is 2.78. The van der Waals surface area contributed by atoms with Gasteiger partial charge in [-0.2, -0.15) is 0 Å². The predicted octanol–water partition coefficient (Wildman–Crippen LogP) is 4.69. The molecule has 0 saturated heterocycles. The van der Waals surface area contributed by atoms with Crippen molar-refractivity contribution in [2.75, 3.05) is 12.5 Å². The van der Waals surface area contributed by atoms with Crippen molar-refractivity contribution in [1.82, 2.24) is 0 Å². The van der Waals surface area contributed by atoms with Gasteiger partial charge in [-0.3, -0.25) is 4.79 Å². The SMILES string of the molecule is CCCCCCCC(=O)OCCCCCCCl. The number of alkyl halides is 1. The van der Waals surface area contributed by atoms with Gasteiger partial charge in [0, 0.05) is 12.3 Å². The molecule has 0 heterocycles. The van der Waals surface area contributed by atoms with Gasteiger partial charge < -0.3 is 4.74 Å². The van der Waals surface area contributed by atoms with Gasteiger partial charge in [0.05, 0.1) is 6.61 Å². The van der Waals surface area contributed by atoms with Crippen molar-refractivity contribution < 1.29 is 9.53 Å². The summed E-state index contributed by atoms with van der Waals surface area (Å²) >= 11 is 5.57. The number of hydrogen-bond donors (Lipinski definition) is 0. The second kappa shape index (κ2) is 13.8. The van der Waals surface area contributed by atoms with Gasteiger partial charge in [0.15, 0.2) is 0 Å². The first-order valence-corrected chi connectivity index (χ1v) is 7.56. The number of carbonyl (C=O) groups is 1. The smallest absolute Gasteiger partial charge is 0.305 e. The van der Waals surface area contributed by atoms with Crippen molar-refractivity contribution in [3.05, 3.63) is 0 Å². The molecule has 0 saturated carbocycles. The molecular formula is C14H27ClO2. The zero-order chi connectivity index (χ0) is 12.8. The first kappa shape index (κ1) is 16.8. The average molecular weight is 263 g/mol. The van der Waals surface area contributed by atoms with Crippen LogP contribution in [0, 0.1) is 0 Å². The number of ether oxygens (including phenoxy) is 1. The molecule has 0 radical (unpaired) electrons. The van der Waals surface area contributed by atoms with Crippen LogP contribution in [0.3, 0.4) is 0 Å². The second-order valence-electron chi connectivity index (χ2n) is 4.49. The Kier molecular flexibility index (Phi) is 13.6. The van der Waals surface area contributed by atoms with Crippen molar-refractivity contribution in [3.8, 4) is 0 Å². The van der Waals surface area contributed by atoms with Crippen molar-refractivity contribution in [2.24, 2.45) is 0 Å². The lowest BCUT2D eigenvalue weighted by Crippen LogP contribution is -2.05. The summed E-state index contributed by atoms with van der Waals surface area (Å²) in [6.07, 6.45) is 10.7. The zero-order valence-corrected chi connectivity index (χ0v) is 11.9. The summed E-state index contributed by atoms with van der Waals surface area (Å²) in [7, 11) is 0. The zero-order valence-electron chi connectivity index (χ0n) is 11.2. The van der Waals surface area contributed by atoms with Crippen LogP contribution in [0.5, 0.6) is 0 Å². The van der Waals surface area contributed by atoms with Gasteiger partial charge in [0.2, 0.25) is 0 Å². The number of halogens is 1. The van der Waals surface area contributed by atoms with Gasteiger partial charge in [0.25, 0.3) is 0 Å². The molecule has 0 aliphatic rings. The fraction of sp³-hybridized carbons (Fsp3) is 0.929. The summed E-state index contributed by atoms with van der Waals surface area (Å²) in [4.78, 5) is 11.3. The second-order valence-corrected chi connectivity index (χ2v) is 4.87. The molecule has 0 aromatic carbocycles. The van der Waals surface area contributed by atoms with Crippen LogP contribution in [-0.4, -0.2) is 18.5 Å². The molecule has 0 atom stereocenters. The summed E-state index contributed by atoms with van der Waals surface area (Å²) in [6, 6.07) is 0. The maximum Gasteiger partial charge on any atom is 0.305 e. The third-order valence-corrected chi connectivity index (χ3v) is 3.04. The molecule has 0 rings (SSSR count). The lowest BCUT2D eigenvalue weighted by molar-refractivity contribution is -0.143. The van der Waals surface area contributed by atoms with Crippen LogP contribution in [-0.2, 0) is 9.53 Å². The summed E-state index contributed by atoms with van der Waals surface area (Å²) in [5.74, 6) is 0.705. The average Bonchev–Trinajstić information content (AvgIpc) is 2.33.